The number of amides is 1. The molecule has 0 fully saturated rings. The number of primary amides is 1. The maximum Gasteiger partial charge on any atom is 0.328 e. The Balaban J connectivity index is 0.00000102. The second-order valence-electron chi connectivity index (χ2n) is 5.68. The number of hydrogen-bond donors (Lipinski definition) is 5. The predicted molar refractivity (Wildman–Crippen MR) is 109 cm³/mol. The van der Waals surface area contributed by atoms with Gasteiger partial charge in [-0.3, -0.25) is 4.79 Å². The van der Waals surface area contributed by atoms with E-state index in [0.29, 0.717) is 29.4 Å². The van der Waals surface area contributed by atoms with Crippen LogP contribution in [0.4, 0.5) is 23.4 Å². The fourth-order valence-electron chi connectivity index (χ4n) is 1.56. The lowest BCUT2D eigenvalue weighted by molar-refractivity contribution is -0.134. The van der Waals surface area contributed by atoms with Crippen LogP contribution in [0.5, 0.6) is 0 Å². The van der Waals surface area contributed by atoms with Gasteiger partial charge in [0.15, 0.2) is 5.96 Å². The third-order valence-electron chi connectivity index (χ3n) is 2.95. The summed E-state index contributed by atoms with van der Waals surface area (Å²) in [6, 6.07) is 4.87. The molecule has 0 radical (unpaired) electrons. The molecule has 0 saturated carbocycles. The molecule has 0 saturated heterocycles. The number of guanidine groups is 1. The number of aromatic nitrogens is 1. The van der Waals surface area contributed by atoms with Gasteiger partial charge in [-0.2, -0.15) is 8.78 Å². The van der Waals surface area contributed by atoms with Crippen molar-refractivity contribution in [3.63, 3.8) is 0 Å². The first kappa shape index (κ1) is 28.6. The summed E-state index contributed by atoms with van der Waals surface area (Å²) in [6.45, 7) is -1.43. The Labute approximate surface area is 183 Å². The standard InChI is InChI=1S/C13H17F4N5OS.C4H4O4/c14-11(15)13(16,17)7-20-12(19)22-9-4-1-5-10(21-9)24-6-2-3-8(18)23;5-3(6)1-2-4(7)8/h1,4-5,11H,2-3,6-7H2,(H2,18,23)(H3,19,20,21,22);1-2H,(H,5,6)(H,7,8). The van der Waals surface area contributed by atoms with Crippen LogP contribution in [-0.2, 0) is 14.4 Å². The highest BCUT2D eigenvalue weighted by molar-refractivity contribution is 7.99. The molecule has 32 heavy (non-hydrogen) atoms. The van der Waals surface area contributed by atoms with Gasteiger partial charge in [0.2, 0.25) is 5.91 Å². The first-order valence-electron chi connectivity index (χ1n) is 8.58. The van der Waals surface area contributed by atoms with Crippen LogP contribution < -0.4 is 16.8 Å². The van der Waals surface area contributed by atoms with E-state index in [2.05, 4.69) is 15.3 Å². The molecule has 1 rings (SSSR count). The number of carbonyl (C=O) groups excluding carboxylic acids is 1. The van der Waals surface area contributed by atoms with Crippen molar-refractivity contribution in [3.05, 3.63) is 30.4 Å². The summed E-state index contributed by atoms with van der Waals surface area (Å²) in [5, 5.41) is 18.7. The lowest BCUT2D eigenvalue weighted by Gasteiger charge is -2.13. The fourth-order valence-corrected chi connectivity index (χ4v) is 2.40. The summed E-state index contributed by atoms with van der Waals surface area (Å²) < 4.78 is 49.5. The third-order valence-corrected chi connectivity index (χ3v) is 3.96. The van der Waals surface area contributed by atoms with Crippen LogP contribution in [0.2, 0.25) is 0 Å². The number of nitrogens with zero attached hydrogens (tertiary/aromatic N) is 2. The van der Waals surface area contributed by atoms with Crippen molar-refractivity contribution >= 4 is 41.4 Å². The van der Waals surface area contributed by atoms with Crippen molar-refractivity contribution in [2.24, 2.45) is 16.5 Å². The van der Waals surface area contributed by atoms with Gasteiger partial charge < -0.3 is 27.0 Å². The second kappa shape index (κ2) is 14.6. The van der Waals surface area contributed by atoms with Gasteiger partial charge in [-0.15, -0.1) is 11.8 Å². The van der Waals surface area contributed by atoms with E-state index < -0.39 is 36.8 Å². The number of aliphatic imine (C=N–C) groups is 1. The van der Waals surface area contributed by atoms with Gasteiger partial charge in [-0.1, -0.05) is 6.07 Å². The van der Waals surface area contributed by atoms with Crippen LogP contribution in [0.25, 0.3) is 0 Å². The van der Waals surface area contributed by atoms with E-state index in [1.165, 1.54) is 17.8 Å². The Morgan fingerprint density at radius 2 is 1.78 bits per heavy atom. The van der Waals surface area contributed by atoms with Gasteiger partial charge >= 0.3 is 24.3 Å². The van der Waals surface area contributed by atoms with E-state index in [0.717, 1.165) is 0 Å². The molecule has 0 aliphatic carbocycles. The number of pyridine rings is 1. The number of rotatable bonds is 11. The fraction of sp³-hybridized carbons (Fsp3) is 0.353. The monoisotopic (exact) mass is 483 g/mol. The number of anilines is 1. The van der Waals surface area contributed by atoms with Crippen molar-refractivity contribution < 1.29 is 42.2 Å². The zero-order chi connectivity index (χ0) is 24.7. The molecule has 1 aromatic heterocycles. The summed E-state index contributed by atoms with van der Waals surface area (Å²) in [5.74, 6) is -6.74. The van der Waals surface area contributed by atoms with Crippen molar-refractivity contribution in [2.75, 3.05) is 17.6 Å². The van der Waals surface area contributed by atoms with E-state index in [1.54, 1.807) is 12.1 Å². The van der Waals surface area contributed by atoms with E-state index in [9.17, 15) is 31.9 Å². The van der Waals surface area contributed by atoms with Crippen LogP contribution in [-0.4, -0.2) is 63.6 Å². The van der Waals surface area contributed by atoms with E-state index in [4.69, 9.17) is 21.7 Å². The SMILES string of the molecule is NC(=O)CCCSc1cccc(NC(N)=NCC(F)(F)C(F)F)n1.O=C(O)C=CC(=O)O. The van der Waals surface area contributed by atoms with Gasteiger partial charge in [-0.05, 0) is 24.3 Å². The number of halogens is 4. The summed E-state index contributed by atoms with van der Waals surface area (Å²) in [7, 11) is 0. The van der Waals surface area contributed by atoms with Gasteiger partial charge in [0, 0.05) is 18.6 Å². The molecule has 7 N–H and O–H groups in total. The zero-order valence-corrected chi connectivity index (χ0v) is 17.2. The van der Waals surface area contributed by atoms with Gasteiger partial charge in [0.25, 0.3) is 0 Å². The first-order valence-corrected chi connectivity index (χ1v) is 9.57. The predicted octanol–water partition coefficient (Wildman–Crippen LogP) is 1.78. The molecule has 0 atom stereocenters. The van der Waals surface area contributed by atoms with Crippen molar-refractivity contribution in [1.82, 2.24) is 4.98 Å². The number of carboxylic acids is 2. The Hall–Kier alpha value is -3.36. The number of hydrogen-bond acceptors (Lipinski definition) is 6. The molecule has 178 valence electrons. The average molecular weight is 483 g/mol. The van der Waals surface area contributed by atoms with E-state index >= 15 is 0 Å². The summed E-state index contributed by atoms with van der Waals surface area (Å²) in [4.78, 5) is 37.1. The average Bonchev–Trinajstić information content (AvgIpc) is 2.69. The van der Waals surface area contributed by atoms with Crippen molar-refractivity contribution in [2.45, 2.75) is 30.2 Å². The highest BCUT2D eigenvalue weighted by Crippen LogP contribution is 2.23. The summed E-state index contributed by atoms with van der Waals surface area (Å²) >= 11 is 1.37. The largest absolute Gasteiger partial charge is 0.478 e. The normalized spacial score (nSPS) is 11.7. The molecule has 0 aromatic carbocycles. The molecule has 0 bridgehead atoms. The molecule has 1 amide bonds. The number of carboxylic acid groups (broad SMARTS) is 2. The van der Waals surface area contributed by atoms with Gasteiger partial charge in [-0.25, -0.2) is 28.3 Å². The second-order valence-corrected chi connectivity index (χ2v) is 6.79. The van der Waals surface area contributed by atoms with E-state index in [-0.39, 0.29) is 18.1 Å². The van der Waals surface area contributed by atoms with Crippen LogP contribution in [0, 0.1) is 0 Å². The third kappa shape index (κ3) is 14.6. The molecule has 0 spiro atoms. The molecule has 0 aliphatic rings. The van der Waals surface area contributed by atoms with Crippen molar-refractivity contribution in [3.8, 4) is 0 Å². The number of thioether (sulfide) groups is 1. The zero-order valence-electron chi connectivity index (χ0n) is 16.4. The van der Waals surface area contributed by atoms with Crippen LogP contribution in [0.1, 0.15) is 12.8 Å². The molecule has 1 aromatic rings. The molecule has 10 nitrogen and oxygen atoms in total. The highest BCUT2D eigenvalue weighted by atomic mass is 32.2. The Bertz CT molecular complexity index is 823. The molecule has 0 unspecified atom stereocenters. The lowest BCUT2D eigenvalue weighted by Crippen LogP contribution is -2.33. The summed E-state index contributed by atoms with van der Waals surface area (Å²) in [5.41, 5.74) is 10.4. The molecule has 1 heterocycles. The summed E-state index contributed by atoms with van der Waals surface area (Å²) in [6.07, 6.45) is -1.84. The Kier molecular flexibility index (Phi) is 13.1. The minimum absolute atomic E-state index is 0.233. The molecule has 15 heteroatoms. The lowest BCUT2D eigenvalue weighted by atomic mass is 10.3. The molecular weight excluding hydrogens is 462 g/mol. The van der Waals surface area contributed by atoms with Gasteiger partial charge in [0.05, 0.1) is 5.03 Å². The number of alkyl halides is 4. The van der Waals surface area contributed by atoms with Crippen LogP contribution in [0.15, 0.2) is 40.4 Å². The highest BCUT2D eigenvalue weighted by Gasteiger charge is 2.40. The smallest absolute Gasteiger partial charge is 0.328 e. The number of nitrogens with one attached hydrogen (secondary N) is 1. The maximum absolute atomic E-state index is 12.7. The topological polar surface area (TPSA) is 181 Å². The maximum atomic E-state index is 12.7. The molecule has 0 aliphatic heterocycles. The minimum Gasteiger partial charge on any atom is -0.478 e. The van der Waals surface area contributed by atoms with Crippen LogP contribution in [0.3, 0.4) is 0 Å². The number of carbonyl (C=O) groups is 3. The van der Waals surface area contributed by atoms with Crippen molar-refractivity contribution in [1.29, 1.82) is 0 Å². The van der Waals surface area contributed by atoms with Gasteiger partial charge in [0.1, 0.15) is 12.4 Å². The Morgan fingerprint density at radius 1 is 1.19 bits per heavy atom. The Morgan fingerprint density at radius 3 is 2.28 bits per heavy atom. The van der Waals surface area contributed by atoms with Crippen LogP contribution >= 0.6 is 11.8 Å². The minimum atomic E-state index is -4.24. The molecular formula is C17H21F4N5O5S. The quantitative estimate of drug-likeness (QED) is 0.0782. The number of aliphatic carboxylic acids is 2. The van der Waals surface area contributed by atoms with E-state index in [1.807, 2.05) is 0 Å². The first-order chi connectivity index (χ1) is 14.8. The number of nitrogens with two attached hydrogens (primary N) is 2.